The van der Waals surface area contributed by atoms with E-state index in [1.807, 2.05) is 46.7 Å². The molecule has 0 unspecified atom stereocenters. The van der Waals surface area contributed by atoms with Gasteiger partial charge in [0, 0.05) is 30.6 Å². The van der Waals surface area contributed by atoms with Crippen LogP contribution in [0, 0.1) is 5.92 Å². The lowest BCUT2D eigenvalue weighted by Gasteiger charge is -2.16. The van der Waals surface area contributed by atoms with Crippen LogP contribution in [0.15, 0.2) is 60.1 Å². The number of thiazole rings is 1. The SMILES string of the molecule is NC[C@@H]1CN(C(=O)Cc2csc(-c3ccccn3)n2)C[C@H]1c1ccccc1. The molecule has 0 aliphatic carbocycles. The van der Waals surface area contributed by atoms with Crippen molar-refractivity contribution in [1.82, 2.24) is 14.9 Å². The number of hydrogen-bond acceptors (Lipinski definition) is 5. The standard InChI is InChI=1S/C21H22N4OS/c22-11-16-12-25(13-18(16)15-6-2-1-3-7-15)20(26)10-17-14-27-21(24-17)19-8-4-5-9-23-19/h1-9,14,16,18H,10-13,22H2/t16-,18+/m1/s1. The summed E-state index contributed by atoms with van der Waals surface area (Å²) in [6.45, 7) is 2.03. The highest BCUT2D eigenvalue weighted by atomic mass is 32.1. The van der Waals surface area contributed by atoms with E-state index in [4.69, 9.17) is 5.73 Å². The maximum Gasteiger partial charge on any atom is 0.228 e. The number of aromatic nitrogens is 2. The summed E-state index contributed by atoms with van der Waals surface area (Å²) >= 11 is 1.53. The molecular weight excluding hydrogens is 356 g/mol. The van der Waals surface area contributed by atoms with Crippen molar-refractivity contribution in [3.05, 3.63) is 71.4 Å². The molecule has 1 fully saturated rings. The van der Waals surface area contributed by atoms with Crippen LogP contribution >= 0.6 is 11.3 Å². The predicted molar refractivity (Wildman–Crippen MR) is 107 cm³/mol. The fourth-order valence-corrected chi connectivity index (χ4v) is 4.45. The summed E-state index contributed by atoms with van der Waals surface area (Å²) in [5.41, 5.74) is 8.89. The van der Waals surface area contributed by atoms with Gasteiger partial charge in [-0.3, -0.25) is 9.78 Å². The van der Waals surface area contributed by atoms with Crippen LogP contribution in [0.1, 0.15) is 17.2 Å². The second kappa shape index (κ2) is 7.98. The van der Waals surface area contributed by atoms with E-state index in [2.05, 4.69) is 22.1 Å². The number of nitrogens with two attached hydrogens (primary N) is 1. The highest BCUT2D eigenvalue weighted by molar-refractivity contribution is 7.13. The van der Waals surface area contributed by atoms with E-state index in [1.165, 1.54) is 16.9 Å². The average molecular weight is 379 g/mol. The molecule has 27 heavy (non-hydrogen) atoms. The molecule has 1 aromatic carbocycles. The highest BCUT2D eigenvalue weighted by Gasteiger charge is 2.35. The molecule has 6 heteroatoms. The van der Waals surface area contributed by atoms with E-state index in [9.17, 15) is 4.79 Å². The van der Waals surface area contributed by atoms with Gasteiger partial charge >= 0.3 is 0 Å². The number of nitrogens with zero attached hydrogens (tertiary/aromatic N) is 3. The van der Waals surface area contributed by atoms with Crippen LogP contribution in [0.5, 0.6) is 0 Å². The lowest BCUT2D eigenvalue weighted by atomic mass is 9.89. The molecule has 3 heterocycles. The first kappa shape index (κ1) is 17.8. The Morgan fingerprint density at radius 2 is 1.96 bits per heavy atom. The molecule has 1 amide bonds. The summed E-state index contributed by atoms with van der Waals surface area (Å²) in [4.78, 5) is 23.7. The smallest absolute Gasteiger partial charge is 0.228 e. The van der Waals surface area contributed by atoms with Gasteiger partial charge in [0.05, 0.1) is 17.8 Å². The van der Waals surface area contributed by atoms with Crippen LogP contribution in [-0.2, 0) is 11.2 Å². The third-order valence-corrected chi connectivity index (χ3v) is 6.01. The summed E-state index contributed by atoms with van der Waals surface area (Å²) in [5, 5.41) is 2.80. The van der Waals surface area contributed by atoms with Crippen molar-refractivity contribution in [3.8, 4) is 10.7 Å². The molecule has 0 spiro atoms. The zero-order chi connectivity index (χ0) is 18.6. The third-order valence-electron chi connectivity index (χ3n) is 5.09. The van der Waals surface area contributed by atoms with Crippen molar-refractivity contribution in [2.45, 2.75) is 12.3 Å². The summed E-state index contributed by atoms with van der Waals surface area (Å²) in [6.07, 6.45) is 2.07. The number of hydrogen-bond donors (Lipinski definition) is 1. The van der Waals surface area contributed by atoms with E-state index in [0.717, 1.165) is 22.9 Å². The molecule has 2 aromatic heterocycles. The largest absolute Gasteiger partial charge is 0.341 e. The lowest BCUT2D eigenvalue weighted by molar-refractivity contribution is -0.129. The summed E-state index contributed by atoms with van der Waals surface area (Å²) in [7, 11) is 0. The number of carbonyl (C=O) groups excluding carboxylic acids is 1. The summed E-state index contributed by atoms with van der Waals surface area (Å²) in [5.74, 6) is 0.722. The van der Waals surface area contributed by atoms with E-state index in [-0.39, 0.29) is 5.91 Å². The minimum Gasteiger partial charge on any atom is -0.341 e. The molecule has 1 aliphatic heterocycles. The normalized spacial score (nSPS) is 19.4. The van der Waals surface area contributed by atoms with Gasteiger partial charge in [-0.25, -0.2) is 4.98 Å². The van der Waals surface area contributed by atoms with Crippen LogP contribution in [0.2, 0.25) is 0 Å². The Bertz CT molecular complexity index is 897. The van der Waals surface area contributed by atoms with E-state index < -0.39 is 0 Å². The minimum absolute atomic E-state index is 0.116. The molecule has 1 aliphatic rings. The van der Waals surface area contributed by atoms with Gasteiger partial charge in [0.1, 0.15) is 5.01 Å². The molecule has 5 nitrogen and oxygen atoms in total. The monoisotopic (exact) mass is 378 g/mol. The van der Waals surface area contributed by atoms with Crippen LogP contribution in [0.4, 0.5) is 0 Å². The van der Waals surface area contributed by atoms with Crippen molar-refractivity contribution < 1.29 is 4.79 Å². The first-order valence-corrected chi connectivity index (χ1v) is 10.0. The van der Waals surface area contributed by atoms with Crippen molar-refractivity contribution in [2.75, 3.05) is 19.6 Å². The van der Waals surface area contributed by atoms with Crippen molar-refractivity contribution in [2.24, 2.45) is 11.7 Å². The van der Waals surface area contributed by atoms with Gasteiger partial charge in [0.2, 0.25) is 5.91 Å². The van der Waals surface area contributed by atoms with Crippen molar-refractivity contribution in [1.29, 1.82) is 0 Å². The first-order valence-electron chi connectivity index (χ1n) is 9.13. The minimum atomic E-state index is 0.116. The molecule has 0 bridgehead atoms. The Morgan fingerprint density at radius 1 is 1.15 bits per heavy atom. The average Bonchev–Trinajstić information content (AvgIpc) is 3.36. The number of rotatable bonds is 5. The van der Waals surface area contributed by atoms with Gasteiger partial charge in [-0.2, -0.15) is 0 Å². The fourth-order valence-electron chi connectivity index (χ4n) is 3.65. The Morgan fingerprint density at radius 3 is 2.70 bits per heavy atom. The molecule has 0 radical (unpaired) electrons. The second-order valence-electron chi connectivity index (χ2n) is 6.85. The molecule has 0 saturated carbocycles. The van der Waals surface area contributed by atoms with Gasteiger partial charge in [-0.1, -0.05) is 36.4 Å². The van der Waals surface area contributed by atoms with Crippen LogP contribution in [0.3, 0.4) is 0 Å². The van der Waals surface area contributed by atoms with Crippen LogP contribution in [0.25, 0.3) is 10.7 Å². The molecule has 138 valence electrons. The van der Waals surface area contributed by atoms with Gasteiger partial charge in [-0.05, 0) is 30.2 Å². The first-order chi connectivity index (χ1) is 13.2. The molecule has 1 saturated heterocycles. The number of amides is 1. The molecule has 2 N–H and O–H groups in total. The maximum atomic E-state index is 12.8. The summed E-state index contributed by atoms with van der Waals surface area (Å²) < 4.78 is 0. The van der Waals surface area contributed by atoms with Crippen LogP contribution < -0.4 is 5.73 Å². The fraction of sp³-hybridized carbons (Fsp3) is 0.286. The number of likely N-dealkylation sites (tertiary alicyclic amines) is 1. The van der Waals surface area contributed by atoms with Crippen LogP contribution in [-0.4, -0.2) is 40.4 Å². The van der Waals surface area contributed by atoms with Gasteiger partial charge in [0.15, 0.2) is 0 Å². The zero-order valence-corrected chi connectivity index (χ0v) is 15.8. The van der Waals surface area contributed by atoms with E-state index in [1.54, 1.807) is 6.20 Å². The predicted octanol–water partition coefficient (Wildman–Crippen LogP) is 2.95. The Hall–Kier alpha value is -2.57. The molecule has 3 aromatic rings. The van der Waals surface area contributed by atoms with Crippen molar-refractivity contribution >= 4 is 17.2 Å². The molecular formula is C21H22N4OS. The zero-order valence-electron chi connectivity index (χ0n) is 15.0. The highest BCUT2D eigenvalue weighted by Crippen LogP contribution is 2.32. The number of carbonyl (C=O) groups is 1. The lowest BCUT2D eigenvalue weighted by Crippen LogP contribution is -2.31. The maximum absolute atomic E-state index is 12.8. The van der Waals surface area contributed by atoms with Crippen molar-refractivity contribution in [3.63, 3.8) is 0 Å². The molecule has 4 rings (SSSR count). The molecule has 2 atom stereocenters. The Balaban J connectivity index is 1.44. The van der Waals surface area contributed by atoms with E-state index >= 15 is 0 Å². The van der Waals surface area contributed by atoms with E-state index in [0.29, 0.717) is 31.3 Å². The quantitative estimate of drug-likeness (QED) is 0.741. The Kier molecular flexibility index (Phi) is 5.27. The van der Waals surface area contributed by atoms with Gasteiger partial charge in [-0.15, -0.1) is 11.3 Å². The Labute approximate surface area is 162 Å². The topological polar surface area (TPSA) is 72.1 Å². The third kappa shape index (κ3) is 3.91. The number of pyridine rings is 1. The van der Waals surface area contributed by atoms with Gasteiger partial charge < -0.3 is 10.6 Å². The summed E-state index contributed by atoms with van der Waals surface area (Å²) in [6, 6.07) is 16.1. The number of benzene rings is 1. The van der Waals surface area contributed by atoms with Gasteiger partial charge in [0.25, 0.3) is 0 Å². The second-order valence-corrected chi connectivity index (χ2v) is 7.71.